The van der Waals surface area contributed by atoms with Crippen molar-refractivity contribution in [3.63, 3.8) is 0 Å². The lowest BCUT2D eigenvalue weighted by Gasteiger charge is -2.35. The summed E-state index contributed by atoms with van der Waals surface area (Å²) in [6, 6.07) is 4.90. The summed E-state index contributed by atoms with van der Waals surface area (Å²) in [6.07, 6.45) is 1.05. The second kappa shape index (κ2) is 8.41. The molecule has 2 aliphatic heterocycles. The zero-order valence-corrected chi connectivity index (χ0v) is 18.9. The van der Waals surface area contributed by atoms with Crippen molar-refractivity contribution in [3.05, 3.63) is 27.9 Å². The quantitative estimate of drug-likeness (QED) is 0.706. The van der Waals surface area contributed by atoms with E-state index in [1.54, 1.807) is 22.8 Å². The molecule has 1 aromatic carbocycles. The van der Waals surface area contributed by atoms with Gasteiger partial charge in [0.15, 0.2) is 0 Å². The van der Waals surface area contributed by atoms with Gasteiger partial charge < -0.3 is 9.64 Å². The third kappa shape index (κ3) is 3.93. The van der Waals surface area contributed by atoms with Crippen LogP contribution in [-0.4, -0.2) is 67.5 Å². The number of amides is 1. The topological polar surface area (TPSA) is 88.9 Å². The second-order valence-corrected chi connectivity index (χ2v) is 11.0. The van der Waals surface area contributed by atoms with Crippen LogP contribution >= 0.6 is 11.3 Å². The number of ether oxygens (including phenoxy) is 1. The Balaban J connectivity index is 1.49. The monoisotopic (exact) mass is 453 g/mol. The molecule has 1 amide bonds. The maximum absolute atomic E-state index is 13.2. The summed E-state index contributed by atoms with van der Waals surface area (Å²) in [6.45, 7) is 6.85. The number of morpholine rings is 1. The van der Waals surface area contributed by atoms with Gasteiger partial charge in [0.05, 0.1) is 28.3 Å². The number of thiazole rings is 1. The van der Waals surface area contributed by atoms with Crippen LogP contribution in [-0.2, 0) is 19.6 Å². The normalized spacial score (nSPS) is 19.6. The molecule has 2 fully saturated rings. The van der Waals surface area contributed by atoms with Crippen molar-refractivity contribution in [2.45, 2.75) is 37.6 Å². The molecule has 2 aliphatic rings. The van der Waals surface area contributed by atoms with E-state index < -0.39 is 10.0 Å². The summed E-state index contributed by atoms with van der Waals surface area (Å²) in [5, 5.41) is 0. The number of benzene rings is 1. The molecule has 2 aromatic rings. The van der Waals surface area contributed by atoms with Crippen molar-refractivity contribution in [1.82, 2.24) is 13.8 Å². The largest absolute Gasteiger partial charge is 0.378 e. The Labute approximate surface area is 180 Å². The lowest BCUT2D eigenvalue weighted by molar-refractivity contribution is -0.140. The van der Waals surface area contributed by atoms with Crippen LogP contribution in [0.2, 0.25) is 0 Å². The molecular weight excluding hydrogens is 426 g/mol. The number of carbonyl (C=O) groups is 1. The fourth-order valence-corrected chi connectivity index (χ4v) is 6.82. The number of sulfonamides is 1. The molecule has 0 spiro atoms. The zero-order chi connectivity index (χ0) is 21.5. The summed E-state index contributed by atoms with van der Waals surface area (Å²) in [5.74, 6) is -0.0288. The van der Waals surface area contributed by atoms with Gasteiger partial charge in [-0.3, -0.25) is 14.2 Å². The molecule has 0 bridgehead atoms. The van der Waals surface area contributed by atoms with Crippen LogP contribution in [0.4, 0.5) is 0 Å². The van der Waals surface area contributed by atoms with Crippen LogP contribution in [0.25, 0.3) is 10.2 Å². The molecule has 10 heteroatoms. The molecule has 1 aromatic heterocycles. The highest BCUT2D eigenvalue weighted by Crippen LogP contribution is 2.29. The van der Waals surface area contributed by atoms with E-state index in [0.29, 0.717) is 56.9 Å². The van der Waals surface area contributed by atoms with Crippen LogP contribution in [0.3, 0.4) is 0 Å². The van der Waals surface area contributed by atoms with Gasteiger partial charge in [-0.05, 0) is 44.9 Å². The Kier molecular flexibility index (Phi) is 6.02. The summed E-state index contributed by atoms with van der Waals surface area (Å²) >= 11 is 1.07. The smallest absolute Gasteiger partial charge is 0.308 e. The van der Waals surface area contributed by atoms with Gasteiger partial charge in [-0.15, -0.1) is 0 Å². The summed E-state index contributed by atoms with van der Waals surface area (Å²) in [7, 11) is -3.67. The predicted molar refractivity (Wildman–Crippen MR) is 115 cm³/mol. The maximum atomic E-state index is 13.2. The molecule has 30 heavy (non-hydrogen) atoms. The number of nitrogens with zero attached hydrogens (tertiary/aromatic N) is 3. The molecule has 0 N–H and O–H groups in total. The highest BCUT2D eigenvalue weighted by Gasteiger charge is 2.34. The van der Waals surface area contributed by atoms with Gasteiger partial charge in [-0.2, -0.15) is 4.31 Å². The minimum atomic E-state index is -3.67. The Hall–Kier alpha value is -1.75. The van der Waals surface area contributed by atoms with Crippen LogP contribution in [0, 0.1) is 5.92 Å². The molecular formula is C20H27N3O5S2. The van der Waals surface area contributed by atoms with Crippen LogP contribution in [0.15, 0.2) is 27.9 Å². The van der Waals surface area contributed by atoms with E-state index in [0.717, 1.165) is 16.9 Å². The van der Waals surface area contributed by atoms with Gasteiger partial charge in [0.25, 0.3) is 0 Å². The highest BCUT2D eigenvalue weighted by atomic mass is 32.2. The van der Waals surface area contributed by atoms with Crippen molar-refractivity contribution in [2.24, 2.45) is 5.92 Å². The third-order valence-electron chi connectivity index (χ3n) is 5.86. The first kappa shape index (κ1) is 21.5. The average molecular weight is 454 g/mol. The average Bonchev–Trinajstić information content (AvgIpc) is 3.09. The number of rotatable bonds is 4. The van der Waals surface area contributed by atoms with Crippen LogP contribution < -0.4 is 4.87 Å². The summed E-state index contributed by atoms with van der Waals surface area (Å²) in [5.41, 5.74) is 0.758. The Morgan fingerprint density at radius 1 is 1.13 bits per heavy atom. The van der Waals surface area contributed by atoms with E-state index in [2.05, 4.69) is 0 Å². The van der Waals surface area contributed by atoms with Gasteiger partial charge in [0.1, 0.15) is 0 Å². The van der Waals surface area contributed by atoms with Crippen molar-refractivity contribution in [3.8, 4) is 0 Å². The standard InChI is InChI=1S/C20H27N3O5S2/c1-14(2)23-17-4-3-16(13-18(17)29-20(23)25)30(26,27)22-7-5-15(6-8-22)19(24)21-9-11-28-12-10-21/h3-4,13-15H,5-12H2,1-2H3. The van der Waals surface area contributed by atoms with Crippen molar-refractivity contribution in [2.75, 3.05) is 39.4 Å². The predicted octanol–water partition coefficient (Wildman–Crippen LogP) is 1.90. The SMILES string of the molecule is CC(C)n1c(=O)sc2cc(S(=O)(=O)N3CCC(C(=O)N4CCOCC4)CC3)ccc21. The molecule has 0 radical (unpaired) electrons. The molecule has 0 aliphatic carbocycles. The first-order valence-electron chi connectivity index (χ1n) is 10.3. The van der Waals surface area contributed by atoms with Gasteiger partial charge in [-0.25, -0.2) is 8.42 Å². The lowest BCUT2D eigenvalue weighted by Crippen LogP contribution is -2.47. The molecule has 0 atom stereocenters. The van der Waals surface area contributed by atoms with E-state index in [4.69, 9.17) is 4.74 Å². The van der Waals surface area contributed by atoms with E-state index in [1.807, 2.05) is 18.7 Å². The zero-order valence-electron chi connectivity index (χ0n) is 17.2. The van der Waals surface area contributed by atoms with Crippen molar-refractivity contribution in [1.29, 1.82) is 0 Å². The Morgan fingerprint density at radius 2 is 1.80 bits per heavy atom. The first-order valence-corrected chi connectivity index (χ1v) is 12.6. The lowest BCUT2D eigenvalue weighted by atomic mass is 9.96. The number of carbonyl (C=O) groups excluding carboxylic acids is 1. The number of hydrogen-bond donors (Lipinski definition) is 0. The molecule has 2 saturated heterocycles. The van der Waals surface area contributed by atoms with Gasteiger partial charge in [0.2, 0.25) is 15.9 Å². The molecule has 4 rings (SSSR count). The minimum Gasteiger partial charge on any atom is -0.378 e. The van der Waals surface area contributed by atoms with Gasteiger partial charge >= 0.3 is 4.87 Å². The molecule has 164 valence electrons. The fraction of sp³-hybridized carbons (Fsp3) is 0.600. The van der Waals surface area contributed by atoms with Gasteiger partial charge in [-0.1, -0.05) is 11.3 Å². The van der Waals surface area contributed by atoms with E-state index in [-0.39, 0.29) is 27.6 Å². The fourth-order valence-electron chi connectivity index (χ4n) is 4.20. The van der Waals surface area contributed by atoms with Crippen molar-refractivity contribution < 1.29 is 17.9 Å². The van der Waals surface area contributed by atoms with Crippen LogP contribution in [0.5, 0.6) is 0 Å². The van der Waals surface area contributed by atoms with Crippen molar-refractivity contribution >= 4 is 37.5 Å². The van der Waals surface area contributed by atoms with E-state index in [1.165, 1.54) is 4.31 Å². The molecule has 0 unspecified atom stereocenters. The summed E-state index contributed by atoms with van der Waals surface area (Å²) in [4.78, 5) is 26.9. The Morgan fingerprint density at radius 3 is 2.43 bits per heavy atom. The first-order chi connectivity index (χ1) is 14.3. The summed E-state index contributed by atoms with van der Waals surface area (Å²) < 4.78 is 35.4. The second-order valence-electron chi connectivity index (χ2n) is 8.08. The van der Waals surface area contributed by atoms with Gasteiger partial charge in [0, 0.05) is 38.1 Å². The molecule has 0 saturated carbocycles. The van der Waals surface area contributed by atoms with Crippen LogP contribution in [0.1, 0.15) is 32.7 Å². The maximum Gasteiger partial charge on any atom is 0.308 e. The van der Waals surface area contributed by atoms with E-state index in [9.17, 15) is 18.0 Å². The van der Waals surface area contributed by atoms with E-state index >= 15 is 0 Å². The number of piperidine rings is 1. The number of fused-ring (bicyclic) bond motifs is 1. The third-order valence-corrected chi connectivity index (χ3v) is 8.68. The minimum absolute atomic E-state index is 0.0109. The molecule has 3 heterocycles. The Bertz CT molecular complexity index is 1090. The number of aromatic nitrogens is 1. The number of hydrogen-bond acceptors (Lipinski definition) is 6. The highest BCUT2D eigenvalue weighted by molar-refractivity contribution is 7.89. The molecule has 8 nitrogen and oxygen atoms in total.